The largest absolute Gasteiger partial charge is 0.469 e. The zero-order valence-electron chi connectivity index (χ0n) is 10.6. The van der Waals surface area contributed by atoms with E-state index >= 15 is 0 Å². The molecule has 0 aromatic carbocycles. The van der Waals surface area contributed by atoms with E-state index in [-0.39, 0.29) is 17.0 Å². The van der Waals surface area contributed by atoms with Gasteiger partial charge in [0.15, 0.2) is 5.13 Å². The molecule has 1 aromatic rings. The lowest BCUT2D eigenvalue weighted by Gasteiger charge is -2.34. The molecule has 1 aromatic heterocycles. The number of anilines is 1. The maximum Gasteiger partial charge on any atom is 0.345 e. The fourth-order valence-electron chi connectivity index (χ4n) is 2.21. The van der Waals surface area contributed by atoms with Crippen molar-refractivity contribution in [2.75, 3.05) is 18.6 Å². The first-order chi connectivity index (χ1) is 9.11. The molecule has 104 valence electrons. The van der Waals surface area contributed by atoms with Crippen molar-refractivity contribution in [1.82, 2.24) is 4.98 Å². The predicted molar refractivity (Wildman–Crippen MR) is 70.4 cm³/mol. The molecule has 19 heavy (non-hydrogen) atoms. The number of nitro groups is 1. The molecule has 2 heterocycles. The summed E-state index contributed by atoms with van der Waals surface area (Å²) in [7, 11) is 1.36. The first kappa shape index (κ1) is 13.7. The first-order valence-electron chi connectivity index (χ1n) is 6.05. The van der Waals surface area contributed by atoms with Crippen molar-refractivity contribution in [1.29, 1.82) is 0 Å². The number of piperidine rings is 1. The standard InChI is InChI=1S/C11H15N3O4S/c1-18-10(15)6-8-4-2-3-5-13(8)11-12-7-9(19-11)14(16)17/h7-8H,2-6H2,1H3. The molecule has 0 spiro atoms. The Morgan fingerprint density at radius 2 is 2.47 bits per heavy atom. The normalized spacial score (nSPS) is 19.2. The van der Waals surface area contributed by atoms with E-state index < -0.39 is 4.92 Å². The lowest BCUT2D eigenvalue weighted by atomic mass is 10.0. The number of carbonyl (C=O) groups is 1. The van der Waals surface area contributed by atoms with Gasteiger partial charge in [-0.25, -0.2) is 4.98 Å². The summed E-state index contributed by atoms with van der Waals surface area (Å²) in [6, 6.07) is 0.0203. The van der Waals surface area contributed by atoms with Gasteiger partial charge in [-0.1, -0.05) is 0 Å². The second-order valence-corrected chi connectivity index (χ2v) is 5.35. The Balaban J connectivity index is 2.13. The number of thiazole rings is 1. The average molecular weight is 285 g/mol. The monoisotopic (exact) mass is 285 g/mol. The Bertz CT molecular complexity index is 476. The van der Waals surface area contributed by atoms with Crippen LogP contribution in [0.4, 0.5) is 10.1 Å². The molecule has 1 saturated heterocycles. The molecule has 0 N–H and O–H groups in total. The van der Waals surface area contributed by atoms with E-state index in [1.165, 1.54) is 13.3 Å². The van der Waals surface area contributed by atoms with E-state index in [0.29, 0.717) is 11.6 Å². The molecule has 0 saturated carbocycles. The summed E-state index contributed by atoms with van der Waals surface area (Å²) in [5, 5.41) is 11.3. The van der Waals surface area contributed by atoms with Crippen LogP contribution in [0.5, 0.6) is 0 Å². The highest BCUT2D eigenvalue weighted by Crippen LogP contribution is 2.33. The van der Waals surface area contributed by atoms with Crippen LogP contribution in [-0.2, 0) is 9.53 Å². The number of rotatable bonds is 4. The highest BCUT2D eigenvalue weighted by atomic mass is 32.1. The van der Waals surface area contributed by atoms with Gasteiger partial charge in [-0.2, -0.15) is 0 Å². The molecule has 0 bridgehead atoms. The van der Waals surface area contributed by atoms with Crippen LogP contribution < -0.4 is 4.90 Å². The highest BCUT2D eigenvalue weighted by Gasteiger charge is 2.28. The van der Waals surface area contributed by atoms with Crippen LogP contribution in [0.1, 0.15) is 25.7 Å². The minimum atomic E-state index is -0.444. The van der Waals surface area contributed by atoms with Crippen molar-refractivity contribution in [2.24, 2.45) is 0 Å². The maximum absolute atomic E-state index is 11.4. The van der Waals surface area contributed by atoms with Gasteiger partial charge in [0, 0.05) is 12.6 Å². The van der Waals surface area contributed by atoms with Crippen LogP contribution in [0, 0.1) is 10.1 Å². The van der Waals surface area contributed by atoms with Gasteiger partial charge in [0.1, 0.15) is 6.20 Å². The van der Waals surface area contributed by atoms with Crippen LogP contribution in [0.25, 0.3) is 0 Å². The van der Waals surface area contributed by atoms with Crippen LogP contribution in [0.2, 0.25) is 0 Å². The van der Waals surface area contributed by atoms with Gasteiger partial charge in [0.25, 0.3) is 0 Å². The van der Waals surface area contributed by atoms with Crippen molar-refractivity contribution in [3.05, 3.63) is 16.3 Å². The van der Waals surface area contributed by atoms with Crippen molar-refractivity contribution in [3.63, 3.8) is 0 Å². The van der Waals surface area contributed by atoms with Crippen LogP contribution >= 0.6 is 11.3 Å². The molecule has 7 nitrogen and oxygen atoms in total. The van der Waals surface area contributed by atoms with Crippen molar-refractivity contribution < 1.29 is 14.5 Å². The van der Waals surface area contributed by atoms with Gasteiger partial charge < -0.3 is 9.64 Å². The van der Waals surface area contributed by atoms with Gasteiger partial charge in [-0.15, -0.1) is 0 Å². The van der Waals surface area contributed by atoms with Gasteiger partial charge in [-0.3, -0.25) is 14.9 Å². The van der Waals surface area contributed by atoms with E-state index in [9.17, 15) is 14.9 Å². The van der Waals surface area contributed by atoms with Crippen LogP contribution in [-0.4, -0.2) is 35.6 Å². The van der Waals surface area contributed by atoms with Crippen molar-refractivity contribution in [2.45, 2.75) is 31.7 Å². The van der Waals surface area contributed by atoms with Crippen LogP contribution in [0.3, 0.4) is 0 Å². The minimum absolute atomic E-state index is 0.0203. The molecule has 1 atom stereocenters. The second kappa shape index (κ2) is 5.96. The summed E-state index contributed by atoms with van der Waals surface area (Å²) >= 11 is 1.05. The van der Waals surface area contributed by atoms with E-state index in [2.05, 4.69) is 9.72 Å². The van der Waals surface area contributed by atoms with Gasteiger partial charge in [0.05, 0.1) is 18.5 Å². The van der Waals surface area contributed by atoms with Crippen LogP contribution in [0.15, 0.2) is 6.20 Å². The molecular weight excluding hydrogens is 270 g/mol. The lowest BCUT2D eigenvalue weighted by molar-refractivity contribution is -0.380. The predicted octanol–water partition coefficient (Wildman–Crippen LogP) is 1.97. The molecule has 8 heteroatoms. The van der Waals surface area contributed by atoms with Gasteiger partial charge >= 0.3 is 11.0 Å². The molecule has 0 radical (unpaired) electrons. The van der Waals surface area contributed by atoms with E-state index in [1.54, 1.807) is 0 Å². The van der Waals surface area contributed by atoms with Gasteiger partial charge in [-0.05, 0) is 30.6 Å². The van der Waals surface area contributed by atoms with Gasteiger partial charge in [0.2, 0.25) is 0 Å². The topological polar surface area (TPSA) is 85.6 Å². The molecule has 1 fully saturated rings. The molecule has 0 amide bonds. The summed E-state index contributed by atoms with van der Waals surface area (Å²) in [4.78, 5) is 27.7. The first-order valence-corrected chi connectivity index (χ1v) is 6.87. The van der Waals surface area contributed by atoms with E-state index in [0.717, 1.165) is 37.1 Å². The maximum atomic E-state index is 11.4. The molecule has 2 rings (SSSR count). The summed E-state index contributed by atoms with van der Waals surface area (Å²) in [5.41, 5.74) is 0. The molecular formula is C11H15N3O4S. The summed E-state index contributed by atoms with van der Waals surface area (Å²) in [6.45, 7) is 0.770. The van der Waals surface area contributed by atoms with E-state index in [1.807, 2.05) is 4.90 Å². The lowest BCUT2D eigenvalue weighted by Crippen LogP contribution is -2.41. The van der Waals surface area contributed by atoms with Crippen molar-refractivity contribution >= 4 is 27.4 Å². The number of hydrogen-bond acceptors (Lipinski definition) is 7. The number of ether oxygens (including phenoxy) is 1. The number of hydrogen-bond donors (Lipinski definition) is 0. The average Bonchev–Trinajstić information content (AvgIpc) is 2.89. The molecule has 0 aliphatic carbocycles. The Morgan fingerprint density at radius 1 is 1.68 bits per heavy atom. The third-order valence-corrected chi connectivity index (χ3v) is 4.15. The number of esters is 1. The summed E-state index contributed by atoms with van der Waals surface area (Å²) in [5.74, 6) is -0.261. The number of nitrogens with zero attached hydrogens (tertiary/aromatic N) is 3. The van der Waals surface area contributed by atoms with Crippen molar-refractivity contribution in [3.8, 4) is 0 Å². The smallest absolute Gasteiger partial charge is 0.345 e. The SMILES string of the molecule is COC(=O)CC1CCCCN1c1ncc([N+](=O)[O-])s1. The fourth-order valence-corrected chi connectivity index (χ4v) is 3.04. The zero-order valence-corrected chi connectivity index (χ0v) is 11.4. The molecule has 1 unspecified atom stereocenters. The Labute approximate surface area is 114 Å². The third kappa shape index (κ3) is 3.19. The summed E-state index contributed by atoms with van der Waals surface area (Å²) in [6.07, 6.45) is 4.49. The quantitative estimate of drug-likeness (QED) is 0.477. The summed E-state index contributed by atoms with van der Waals surface area (Å²) < 4.78 is 4.69. The number of methoxy groups -OCH3 is 1. The Kier molecular flexibility index (Phi) is 4.31. The Morgan fingerprint density at radius 3 is 3.11 bits per heavy atom. The molecule has 1 aliphatic rings. The highest BCUT2D eigenvalue weighted by molar-refractivity contribution is 7.18. The Hall–Kier alpha value is -1.70. The second-order valence-electron chi connectivity index (χ2n) is 4.36. The van der Waals surface area contributed by atoms with E-state index in [4.69, 9.17) is 0 Å². The number of carbonyl (C=O) groups excluding carboxylic acids is 1. The number of aromatic nitrogens is 1. The third-order valence-electron chi connectivity index (χ3n) is 3.16. The fraction of sp³-hybridized carbons (Fsp3) is 0.636. The zero-order chi connectivity index (χ0) is 13.8. The minimum Gasteiger partial charge on any atom is -0.469 e. The molecule has 1 aliphatic heterocycles.